The van der Waals surface area contributed by atoms with Gasteiger partial charge in [0.2, 0.25) is 0 Å². The van der Waals surface area contributed by atoms with Gasteiger partial charge >= 0.3 is 0 Å². The molecular weight excluding hydrogens is 326 g/mol. The first-order chi connectivity index (χ1) is 12.8. The molecule has 2 aromatic heterocycles. The summed E-state index contributed by atoms with van der Waals surface area (Å²) in [6.45, 7) is 4.15. The molecule has 3 aromatic rings. The Morgan fingerprint density at radius 2 is 2.12 bits per heavy atom. The molecule has 1 aromatic carbocycles. The monoisotopic (exact) mass is 349 g/mol. The minimum atomic E-state index is 0.299. The van der Waals surface area contributed by atoms with E-state index in [1.54, 1.807) is 13.4 Å². The van der Waals surface area contributed by atoms with Gasteiger partial charge in [-0.15, -0.1) is 0 Å². The maximum Gasteiger partial charge on any atom is 0.128 e. The average molecular weight is 349 g/mol. The van der Waals surface area contributed by atoms with Crippen LogP contribution in [0.15, 0.2) is 53.3 Å². The lowest BCUT2D eigenvalue weighted by molar-refractivity contribution is 0.235. The lowest BCUT2D eigenvalue weighted by Gasteiger charge is -2.23. The van der Waals surface area contributed by atoms with Crippen LogP contribution in [0.25, 0.3) is 11.3 Å². The quantitative estimate of drug-likeness (QED) is 0.722. The molecule has 2 aliphatic rings. The number of fused-ring (bicyclic) bond motifs is 1. The molecule has 4 heterocycles. The van der Waals surface area contributed by atoms with E-state index in [0.717, 1.165) is 49.7 Å². The van der Waals surface area contributed by atoms with Crippen molar-refractivity contribution in [3.05, 3.63) is 60.4 Å². The number of rotatable bonds is 4. The Labute approximate surface area is 153 Å². The van der Waals surface area contributed by atoms with Gasteiger partial charge in [0.1, 0.15) is 17.3 Å². The van der Waals surface area contributed by atoms with Crippen LogP contribution in [-0.4, -0.2) is 34.7 Å². The zero-order valence-electron chi connectivity index (χ0n) is 15.0. The predicted octanol–water partition coefficient (Wildman–Crippen LogP) is 3.60. The molecule has 0 aliphatic carbocycles. The van der Waals surface area contributed by atoms with Crippen LogP contribution in [0.3, 0.4) is 0 Å². The van der Waals surface area contributed by atoms with Crippen molar-refractivity contribution in [2.24, 2.45) is 5.41 Å². The molecule has 26 heavy (non-hydrogen) atoms. The highest BCUT2D eigenvalue weighted by Crippen LogP contribution is 2.43. The highest BCUT2D eigenvalue weighted by molar-refractivity contribution is 5.67. The number of imidazole rings is 1. The highest BCUT2D eigenvalue weighted by Gasteiger charge is 2.44. The Bertz CT molecular complexity index is 915. The molecule has 1 saturated heterocycles. The zero-order chi connectivity index (χ0) is 17.6. The van der Waals surface area contributed by atoms with Gasteiger partial charge in [0.25, 0.3) is 0 Å². The molecule has 2 aliphatic heterocycles. The van der Waals surface area contributed by atoms with Gasteiger partial charge in [-0.2, -0.15) is 0 Å². The Balaban J connectivity index is 1.38. The van der Waals surface area contributed by atoms with Crippen LogP contribution < -0.4 is 4.74 Å². The van der Waals surface area contributed by atoms with E-state index in [2.05, 4.69) is 27.7 Å². The van der Waals surface area contributed by atoms with E-state index in [9.17, 15) is 0 Å². The van der Waals surface area contributed by atoms with Crippen LogP contribution in [0.2, 0.25) is 0 Å². The largest absolute Gasteiger partial charge is 0.496 e. The van der Waals surface area contributed by atoms with Gasteiger partial charge < -0.3 is 13.7 Å². The molecule has 1 unspecified atom stereocenters. The maximum absolute atomic E-state index is 5.56. The topological polar surface area (TPSA) is 43.4 Å². The molecular formula is C21H23N3O2. The Morgan fingerprint density at radius 1 is 1.19 bits per heavy atom. The lowest BCUT2D eigenvalue weighted by atomic mass is 9.86. The minimum Gasteiger partial charge on any atom is -0.496 e. The van der Waals surface area contributed by atoms with E-state index in [4.69, 9.17) is 14.1 Å². The Kier molecular flexibility index (Phi) is 3.64. The second-order valence-electron chi connectivity index (χ2n) is 7.56. The number of ether oxygens (including phenoxy) is 1. The van der Waals surface area contributed by atoms with Gasteiger partial charge in [-0.25, -0.2) is 4.98 Å². The number of para-hydroxylation sites is 1. The molecule has 1 atom stereocenters. The van der Waals surface area contributed by atoms with E-state index >= 15 is 0 Å². The summed E-state index contributed by atoms with van der Waals surface area (Å²) in [5.74, 6) is 3.15. The van der Waals surface area contributed by atoms with Crippen LogP contribution in [0.4, 0.5) is 0 Å². The van der Waals surface area contributed by atoms with E-state index in [1.807, 2.05) is 24.4 Å². The second-order valence-corrected chi connectivity index (χ2v) is 7.56. The number of furan rings is 1. The summed E-state index contributed by atoms with van der Waals surface area (Å²) in [6.07, 6.45) is 6.01. The number of aromatic nitrogens is 2. The number of benzene rings is 1. The summed E-state index contributed by atoms with van der Waals surface area (Å²) in [5.41, 5.74) is 2.59. The fourth-order valence-electron chi connectivity index (χ4n) is 4.59. The molecule has 5 nitrogen and oxygen atoms in total. The molecule has 5 heteroatoms. The van der Waals surface area contributed by atoms with Crippen LogP contribution in [0.5, 0.6) is 5.75 Å². The average Bonchev–Trinajstić information content (AvgIpc) is 3.42. The van der Waals surface area contributed by atoms with E-state index in [0.29, 0.717) is 5.41 Å². The summed E-state index contributed by atoms with van der Waals surface area (Å²) in [4.78, 5) is 7.25. The fraction of sp³-hybridized carbons (Fsp3) is 0.381. The van der Waals surface area contributed by atoms with Gasteiger partial charge in [0, 0.05) is 30.5 Å². The molecule has 1 fully saturated rings. The first-order valence-electron chi connectivity index (χ1n) is 9.19. The number of hydrogen-bond acceptors (Lipinski definition) is 4. The van der Waals surface area contributed by atoms with Gasteiger partial charge in [-0.3, -0.25) is 4.90 Å². The molecule has 5 rings (SSSR count). The minimum absolute atomic E-state index is 0.299. The van der Waals surface area contributed by atoms with Gasteiger partial charge in [-0.05, 0) is 37.2 Å². The number of hydrogen-bond donors (Lipinski definition) is 0. The van der Waals surface area contributed by atoms with Gasteiger partial charge in [0.15, 0.2) is 0 Å². The standard InChI is InChI=1S/C21H23N3O2/c1-25-19-7-3-2-6-17(19)18-12-22-20-11-21(15-24(18)20)8-9-23(14-21)13-16-5-4-10-26-16/h2-7,10,12H,8-9,11,13-15H2,1H3. The normalized spacial score (nSPS) is 22.2. The van der Waals surface area contributed by atoms with Crippen LogP contribution in [0, 0.1) is 5.41 Å². The van der Waals surface area contributed by atoms with Crippen molar-refractivity contribution in [1.29, 1.82) is 0 Å². The molecule has 1 spiro atoms. The molecule has 0 amide bonds. The highest BCUT2D eigenvalue weighted by atomic mass is 16.5. The van der Waals surface area contributed by atoms with Gasteiger partial charge in [-0.1, -0.05) is 12.1 Å². The molecule has 134 valence electrons. The van der Waals surface area contributed by atoms with E-state index in [1.165, 1.54) is 17.9 Å². The summed E-state index contributed by atoms with van der Waals surface area (Å²) in [5, 5.41) is 0. The number of nitrogens with zero attached hydrogens (tertiary/aromatic N) is 3. The van der Waals surface area contributed by atoms with Crippen molar-refractivity contribution in [3.63, 3.8) is 0 Å². The van der Waals surface area contributed by atoms with E-state index < -0.39 is 0 Å². The zero-order valence-corrected chi connectivity index (χ0v) is 15.0. The summed E-state index contributed by atoms with van der Waals surface area (Å²) in [6, 6.07) is 12.2. The molecule has 0 bridgehead atoms. The first-order valence-corrected chi connectivity index (χ1v) is 9.19. The van der Waals surface area contributed by atoms with Crippen molar-refractivity contribution in [1.82, 2.24) is 14.5 Å². The summed E-state index contributed by atoms with van der Waals surface area (Å²) < 4.78 is 13.5. The van der Waals surface area contributed by atoms with Crippen LogP contribution in [0.1, 0.15) is 18.0 Å². The smallest absolute Gasteiger partial charge is 0.128 e. The summed E-state index contributed by atoms with van der Waals surface area (Å²) in [7, 11) is 1.73. The third-order valence-electron chi connectivity index (χ3n) is 5.82. The van der Waals surface area contributed by atoms with E-state index in [-0.39, 0.29) is 0 Å². The van der Waals surface area contributed by atoms with Crippen molar-refractivity contribution < 1.29 is 9.15 Å². The van der Waals surface area contributed by atoms with Crippen molar-refractivity contribution in [2.45, 2.75) is 25.9 Å². The number of methoxy groups -OCH3 is 1. The maximum atomic E-state index is 5.56. The molecule has 0 radical (unpaired) electrons. The van der Waals surface area contributed by atoms with Crippen molar-refractivity contribution in [2.75, 3.05) is 20.2 Å². The van der Waals surface area contributed by atoms with Crippen molar-refractivity contribution >= 4 is 0 Å². The molecule has 0 saturated carbocycles. The second kappa shape index (κ2) is 6.02. The van der Waals surface area contributed by atoms with Crippen molar-refractivity contribution in [3.8, 4) is 17.0 Å². The third kappa shape index (κ3) is 2.54. The third-order valence-corrected chi connectivity index (χ3v) is 5.82. The van der Waals surface area contributed by atoms with Gasteiger partial charge in [0.05, 0.1) is 31.8 Å². The first kappa shape index (κ1) is 15.7. The summed E-state index contributed by atoms with van der Waals surface area (Å²) >= 11 is 0. The SMILES string of the molecule is COc1ccccc1-c1cnc2n1CC1(CCN(Cc3ccco3)C1)C2. The predicted molar refractivity (Wildman–Crippen MR) is 99.0 cm³/mol. The molecule has 0 N–H and O–H groups in total. The number of likely N-dealkylation sites (tertiary alicyclic amines) is 1. The lowest BCUT2D eigenvalue weighted by Crippen LogP contribution is -2.28. The van der Waals surface area contributed by atoms with Crippen LogP contribution in [-0.2, 0) is 19.5 Å². The van der Waals surface area contributed by atoms with Crippen LogP contribution >= 0.6 is 0 Å². The Hall–Kier alpha value is -2.53. The fourth-order valence-corrected chi connectivity index (χ4v) is 4.59. The Morgan fingerprint density at radius 3 is 2.96 bits per heavy atom.